The Hall–Kier alpha value is -1.23. The highest BCUT2D eigenvalue weighted by molar-refractivity contribution is 5.56. The second-order valence-electron chi connectivity index (χ2n) is 3.68. The van der Waals surface area contributed by atoms with Crippen LogP contribution < -0.4 is 4.90 Å². The van der Waals surface area contributed by atoms with E-state index >= 15 is 0 Å². The van der Waals surface area contributed by atoms with E-state index in [2.05, 4.69) is 0 Å². The molecule has 0 bridgehead atoms. The van der Waals surface area contributed by atoms with Crippen molar-refractivity contribution in [2.24, 2.45) is 0 Å². The Morgan fingerprint density at radius 3 is 2.18 bits per heavy atom. The first-order valence-electron chi connectivity index (χ1n) is 5.50. The number of benzene rings is 1. The Morgan fingerprint density at radius 1 is 1.18 bits per heavy atom. The standard InChI is InChI=1S/C12H16F3NO/c1-3-16(4-2)11-6-5-9(8-17)7-10(11)12(13,14)15/h5-7,17H,3-4,8H2,1-2H3. The first-order chi connectivity index (χ1) is 7.93. The Balaban J connectivity index is 3.29. The number of aliphatic hydroxyl groups is 1. The zero-order valence-corrected chi connectivity index (χ0v) is 9.88. The normalized spacial score (nSPS) is 11.6. The molecule has 0 aliphatic heterocycles. The van der Waals surface area contributed by atoms with Gasteiger partial charge in [-0.05, 0) is 31.5 Å². The maximum Gasteiger partial charge on any atom is 0.418 e. The molecular weight excluding hydrogens is 231 g/mol. The van der Waals surface area contributed by atoms with Crippen molar-refractivity contribution < 1.29 is 18.3 Å². The maximum absolute atomic E-state index is 12.9. The smallest absolute Gasteiger partial charge is 0.392 e. The lowest BCUT2D eigenvalue weighted by Gasteiger charge is -2.25. The minimum Gasteiger partial charge on any atom is -0.392 e. The third-order valence-electron chi connectivity index (χ3n) is 2.65. The number of halogens is 3. The largest absolute Gasteiger partial charge is 0.418 e. The minimum atomic E-state index is -4.40. The Labute approximate surface area is 98.7 Å². The van der Waals surface area contributed by atoms with Gasteiger partial charge >= 0.3 is 6.18 Å². The van der Waals surface area contributed by atoms with Crippen LogP contribution >= 0.6 is 0 Å². The summed E-state index contributed by atoms with van der Waals surface area (Å²) in [5.41, 5.74) is -0.249. The maximum atomic E-state index is 12.9. The summed E-state index contributed by atoms with van der Waals surface area (Å²) >= 11 is 0. The molecule has 1 aromatic carbocycles. The average molecular weight is 247 g/mol. The van der Waals surface area contributed by atoms with Crippen LogP contribution in [-0.4, -0.2) is 18.2 Å². The number of nitrogens with zero attached hydrogens (tertiary/aromatic N) is 1. The molecule has 0 unspecified atom stereocenters. The van der Waals surface area contributed by atoms with Crippen molar-refractivity contribution >= 4 is 5.69 Å². The molecule has 1 N–H and O–H groups in total. The molecule has 0 saturated carbocycles. The van der Waals surface area contributed by atoms with E-state index in [0.717, 1.165) is 6.07 Å². The Morgan fingerprint density at radius 2 is 1.76 bits per heavy atom. The van der Waals surface area contributed by atoms with Gasteiger partial charge < -0.3 is 10.0 Å². The monoisotopic (exact) mass is 247 g/mol. The molecule has 0 amide bonds. The van der Waals surface area contributed by atoms with E-state index in [4.69, 9.17) is 5.11 Å². The molecule has 0 aromatic heterocycles. The lowest BCUT2D eigenvalue weighted by atomic mass is 10.1. The van der Waals surface area contributed by atoms with E-state index in [1.807, 2.05) is 13.8 Å². The van der Waals surface area contributed by atoms with E-state index in [1.165, 1.54) is 12.1 Å². The van der Waals surface area contributed by atoms with Gasteiger partial charge in [-0.3, -0.25) is 0 Å². The summed E-state index contributed by atoms with van der Waals surface area (Å²) in [6.45, 7) is 4.25. The van der Waals surface area contributed by atoms with Crippen LogP contribution in [0, 0.1) is 0 Å². The van der Waals surface area contributed by atoms with Crippen molar-refractivity contribution in [3.8, 4) is 0 Å². The number of rotatable bonds is 4. The van der Waals surface area contributed by atoms with Crippen molar-refractivity contribution in [3.63, 3.8) is 0 Å². The van der Waals surface area contributed by atoms with Gasteiger partial charge in [0.2, 0.25) is 0 Å². The first-order valence-corrected chi connectivity index (χ1v) is 5.50. The summed E-state index contributed by atoms with van der Waals surface area (Å²) in [6.07, 6.45) is -4.40. The lowest BCUT2D eigenvalue weighted by molar-refractivity contribution is -0.137. The zero-order chi connectivity index (χ0) is 13.1. The van der Waals surface area contributed by atoms with Gasteiger partial charge in [0, 0.05) is 18.8 Å². The number of anilines is 1. The van der Waals surface area contributed by atoms with Gasteiger partial charge in [-0.15, -0.1) is 0 Å². The molecule has 0 atom stereocenters. The average Bonchev–Trinajstić information content (AvgIpc) is 2.29. The molecule has 17 heavy (non-hydrogen) atoms. The van der Waals surface area contributed by atoms with Gasteiger partial charge in [-0.1, -0.05) is 6.07 Å². The fraction of sp³-hybridized carbons (Fsp3) is 0.500. The summed E-state index contributed by atoms with van der Waals surface area (Å²) in [6, 6.07) is 3.94. The van der Waals surface area contributed by atoms with Gasteiger partial charge in [0.15, 0.2) is 0 Å². The van der Waals surface area contributed by atoms with Crippen LogP contribution in [0.3, 0.4) is 0 Å². The molecule has 1 rings (SSSR count). The highest BCUT2D eigenvalue weighted by Gasteiger charge is 2.34. The van der Waals surface area contributed by atoms with Crippen LogP contribution in [0.4, 0.5) is 18.9 Å². The molecular formula is C12H16F3NO. The van der Waals surface area contributed by atoms with Crippen molar-refractivity contribution in [1.29, 1.82) is 0 Å². The summed E-state index contributed by atoms with van der Waals surface area (Å²) in [7, 11) is 0. The molecule has 0 aliphatic rings. The van der Waals surface area contributed by atoms with Crippen LogP contribution in [0.2, 0.25) is 0 Å². The predicted octanol–water partition coefficient (Wildman–Crippen LogP) is 3.04. The molecule has 0 aliphatic carbocycles. The second kappa shape index (κ2) is 5.40. The van der Waals surface area contributed by atoms with E-state index < -0.39 is 11.7 Å². The quantitative estimate of drug-likeness (QED) is 0.884. The van der Waals surface area contributed by atoms with Crippen LogP contribution in [0.25, 0.3) is 0 Å². The van der Waals surface area contributed by atoms with E-state index in [9.17, 15) is 13.2 Å². The van der Waals surface area contributed by atoms with Gasteiger partial charge in [0.25, 0.3) is 0 Å². The topological polar surface area (TPSA) is 23.5 Å². The lowest BCUT2D eigenvalue weighted by Crippen LogP contribution is -2.25. The van der Waals surface area contributed by atoms with Crippen LogP contribution in [-0.2, 0) is 12.8 Å². The molecule has 0 radical (unpaired) electrons. The summed E-state index contributed by atoms with van der Waals surface area (Å²) in [4.78, 5) is 1.64. The van der Waals surface area contributed by atoms with Crippen LogP contribution in [0.5, 0.6) is 0 Å². The number of hydrogen-bond acceptors (Lipinski definition) is 2. The number of aliphatic hydroxyl groups excluding tert-OH is 1. The van der Waals surface area contributed by atoms with Gasteiger partial charge in [0.1, 0.15) is 0 Å². The molecule has 0 spiro atoms. The van der Waals surface area contributed by atoms with Crippen molar-refractivity contribution in [2.45, 2.75) is 26.6 Å². The van der Waals surface area contributed by atoms with Crippen LogP contribution in [0.15, 0.2) is 18.2 Å². The van der Waals surface area contributed by atoms with Crippen molar-refractivity contribution in [1.82, 2.24) is 0 Å². The summed E-state index contributed by atoms with van der Waals surface area (Å²) < 4.78 is 38.7. The SMILES string of the molecule is CCN(CC)c1ccc(CO)cc1C(F)(F)F. The zero-order valence-electron chi connectivity index (χ0n) is 9.88. The molecule has 1 aromatic rings. The van der Waals surface area contributed by atoms with Gasteiger partial charge in [-0.25, -0.2) is 0 Å². The highest BCUT2D eigenvalue weighted by atomic mass is 19.4. The van der Waals surface area contributed by atoms with Gasteiger partial charge in [-0.2, -0.15) is 13.2 Å². The van der Waals surface area contributed by atoms with Gasteiger partial charge in [0.05, 0.1) is 12.2 Å². The first kappa shape index (κ1) is 13.8. The third-order valence-corrected chi connectivity index (χ3v) is 2.65. The second-order valence-corrected chi connectivity index (χ2v) is 3.68. The highest BCUT2D eigenvalue weighted by Crippen LogP contribution is 2.37. The third kappa shape index (κ3) is 3.12. The minimum absolute atomic E-state index is 0.166. The Kier molecular flexibility index (Phi) is 4.40. The predicted molar refractivity (Wildman–Crippen MR) is 60.9 cm³/mol. The molecule has 96 valence electrons. The fourth-order valence-electron chi connectivity index (χ4n) is 1.75. The molecule has 0 saturated heterocycles. The fourth-order valence-corrected chi connectivity index (χ4v) is 1.75. The van der Waals surface area contributed by atoms with Crippen molar-refractivity contribution in [3.05, 3.63) is 29.3 Å². The van der Waals surface area contributed by atoms with Crippen molar-refractivity contribution in [2.75, 3.05) is 18.0 Å². The Bertz CT molecular complexity index is 373. The summed E-state index contributed by atoms with van der Waals surface area (Å²) in [5, 5.41) is 8.89. The van der Waals surface area contributed by atoms with E-state index in [-0.39, 0.29) is 17.9 Å². The van der Waals surface area contributed by atoms with Crippen LogP contribution in [0.1, 0.15) is 25.0 Å². The molecule has 5 heteroatoms. The molecule has 2 nitrogen and oxygen atoms in total. The number of alkyl halides is 3. The molecule has 0 heterocycles. The van der Waals surface area contributed by atoms with E-state index in [0.29, 0.717) is 13.1 Å². The summed E-state index contributed by atoms with van der Waals surface area (Å²) in [5.74, 6) is 0. The van der Waals surface area contributed by atoms with E-state index in [1.54, 1.807) is 4.90 Å². The molecule has 0 fully saturated rings. The number of hydrogen-bond donors (Lipinski definition) is 1.